The minimum absolute atomic E-state index is 0.0153. The third-order valence-electron chi connectivity index (χ3n) is 3.55. The first-order chi connectivity index (χ1) is 11.7. The molecule has 5 nitrogen and oxygen atoms in total. The topological polar surface area (TPSA) is 70.2 Å². The molecule has 0 radical (unpaired) electrons. The zero-order chi connectivity index (χ0) is 18.6. The lowest BCUT2D eigenvalue weighted by atomic mass is 10.1. The quantitative estimate of drug-likeness (QED) is 0.716. The van der Waals surface area contributed by atoms with Crippen LogP contribution in [0.25, 0.3) is 0 Å². The molecule has 2 amide bonds. The zero-order valence-corrected chi connectivity index (χ0v) is 14.8. The molecule has 2 rings (SSSR count). The molecule has 1 aliphatic rings. The van der Waals surface area contributed by atoms with Crippen LogP contribution in [0.4, 0.5) is 18.9 Å². The molecule has 1 heterocycles. The third kappa shape index (κ3) is 5.79. The number of thioether (sulfide) groups is 1. The van der Waals surface area contributed by atoms with Crippen molar-refractivity contribution in [3.8, 4) is 0 Å². The summed E-state index contributed by atoms with van der Waals surface area (Å²) in [6, 6.07) is 2.76. The van der Waals surface area contributed by atoms with Crippen LogP contribution in [0.5, 0.6) is 0 Å². The smallest absolute Gasteiger partial charge is 0.332 e. The van der Waals surface area contributed by atoms with Crippen molar-refractivity contribution in [1.29, 1.82) is 0 Å². The van der Waals surface area contributed by atoms with Gasteiger partial charge in [-0.2, -0.15) is 13.2 Å². The zero-order valence-electron chi connectivity index (χ0n) is 13.2. The third-order valence-corrected chi connectivity index (χ3v) is 4.90. The van der Waals surface area contributed by atoms with Crippen LogP contribution < -0.4 is 16.0 Å². The van der Waals surface area contributed by atoms with Gasteiger partial charge in [-0.15, -0.1) is 11.8 Å². The second kappa shape index (κ2) is 8.29. The summed E-state index contributed by atoms with van der Waals surface area (Å²) in [5, 5.41) is 8.25. The average Bonchev–Trinajstić information content (AvgIpc) is 2.53. The van der Waals surface area contributed by atoms with E-state index in [1.807, 2.05) is 6.92 Å². The Labute approximate surface area is 152 Å². The SMILES string of the molecule is CCC1CC(=O)NC(SCC(=O)Nc2cc(C(F)(F)F)ccc2Cl)N1. The van der Waals surface area contributed by atoms with Crippen LogP contribution in [0.2, 0.25) is 5.02 Å². The molecule has 10 heteroatoms. The summed E-state index contributed by atoms with van der Waals surface area (Å²) in [4.78, 5) is 23.6. The minimum atomic E-state index is -4.52. The molecule has 25 heavy (non-hydrogen) atoms. The molecule has 138 valence electrons. The van der Waals surface area contributed by atoms with Gasteiger partial charge in [0, 0.05) is 12.5 Å². The van der Waals surface area contributed by atoms with Gasteiger partial charge in [-0.25, -0.2) is 0 Å². The van der Waals surface area contributed by atoms with Gasteiger partial charge < -0.3 is 10.6 Å². The molecule has 0 aliphatic carbocycles. The van der Waals surface area contributed by atoms with E-state index in [1.165, 1.54) is 0 Å². The Balaban J connectivity index is 1.93. The summed E-state index contributed by atoms with van der Waals surface area (Å²) in [6.07, 6.45) is -3.37. The van der Waals surface area contributed by atoms with Crippen LogP contribution in [-0.2, 0) is 15.8 Å². The number of hydrogen-bond donors (Lipinski definition) is 3. The van der Waals surface area contributed by atoms with Gasteiger partial charge >= 0.3 is 6.18 Å². The number of rotatable bonds is 5. The average molecular weight is 396 g/mol. The monoisotopic (exact) mass is 395 g/mol. The van der Waals surface area contributed by atoms with Crippen LogP contribution in [-0.4, -0.2) is 29.1 Å². The van der Waals surface area contributed by atoms with Crippen LogP contribution >= 0.6 is 23.4 Å². The Hall–Kier alpha value is -1.45. The maximum Gasteiger partial charge on any atom is 0.416 e. The minimum Gasteiger partial charge on any atom is -0.332 e. The highest BCUT2D eigenvalue weighted by atomic mass is 35.5. The van der Waals surface area contributed by atoms with E-state index in [2.05, 4.69) is 16.0 Å². The molecule has 2 unspecified atom stereocenters. The van der Waals surface area contributed by atoms with E-state index >= 15 is 0 Å². The normalized spacial score (nSPS) is 20.9. The molecule has 1 aromatic carbocycles. The first-order valence-electron chi connectivity index (χ1n) is 7.52. The Kier molecular flexibility index (Phi) is 6.59. The second-order valence-corrected chi connectivity index (χ2v) is 6.98. The number of amides is 2. The highest BCUT2D eigenvalue weighted by molar-refractivity contribution is 8.00. The molecule has 0 spiro atoms. The molecule has 1 fully saturated rings. The fraction of sp³-hybridized carbons (Fsp3) is 0.467. The molecule has 1 saturated heterocycles. The lowest BCUT2D eigenvalue weighted by Gasteiger charge is -2.30. The first-order valence-corrected chi connectivity index (χ1v) is 8.95. The lowest BCUT2D eigenvalue weighted by Crippen LogP contribution is -2.54. The summed E-state index contributed by atoms with van der Waals surface area (Å²) in [6.45, 7) is 1.94. The highest BCUT2D eigenvalue weighted by Gasteiger charge is 2.31. The fourth-order valence-corrected chi connectivity index (χ4v) is 3.30. The van der Waals surface area contributed by atoms with Gasteiger partial charge in [0.2, 0.25) is 11.8 Å². The van der Waals surface area contributed by atoms with Gasteiger partial charge in [0.25, 0.3) is 0 Å². The molecule has 0 saturated carbocycles. The van der Waals surface area contributed by atoms with E-state index < -0.39 is 23.1 Å². The Morgan fingerprint density at radius 2 is 2.16 bits per heavy atom. The van der Waals surface area contributed by atoms with Gasteiger partial charge in [0.1, 0.15) is 5.50 Å². The van der Waals surface area contributed by atoms with E-state index in [1.54, 1.807) is 0 Å². The van der Waals surface area contributed by atoms with Crippen molar-refractivity contribution in [2.75, 3.05) is 11.1 Å². The van der Waals surface area contributed by atoms with Crippen molar-refractivity contribution in [2.45, 2.75) is 37.5 Å². The largest absolute Gasteiger partial charge is 0.416 e. The highest BCUT2D eigenvalue weighted by Crippen LogP contribution is 2.33. The van der Waals surface area contributed by atoms with Crippen LogP contribution in [0.1, 0.15) is 25.3 Å². The molecular weight excluding hydrogens is 379 g/mol. The number of anilines is 1. The van der Waals surface area contributed by atoms with Crippen molar-refractivity contribution in [3.63, 3.8) is 0 Å². The summed E-state index contributed by atoms with van der Waals surface area (Å²) in [7, 11) is 0. The second-order valence-electron chi connectivity index (χ2n) is 5.48. The van der Waals surface area contributed by atoms with Gasteiger partial charge in [-0.1, -0.05) is 18.5 Å². The van der Waals surface area contributed by atoms with Crippen LogP contribution in [0, 0.1) is 0 Å². The van der Waals surface area contributed by atoms with E-state index in [4.69, 9.17) is 11.6 Å². The van der Waals surface area contributed by atoms with E-state index in [9.17, 15) is 22.8 Å². The van der Waals surface area contributed by atoms with Gasteiger partial charge in [-0.3, -0.25) is 14.9 Å². The lowest BCUT2D eigenvalue weighted by molar-refractivity contribution is -0.137. The molecule has 3 N–H and O–H groups in total. The molecular formula is C15H17ClF3N3O2S. The predicted octanol–water partition coefficient (Wildman–Crippen LogP) is 3.20. The Bertz CT molecular complexity index is 657. The van der Waals surface area contributed by atoms with E-state index in [0.717, 1.165) is 36.4 Å². The summed E-state index contributed by atoms with van der Waals surface area (Å²) in [5.74, 6) is -0.675. The number of nitrogens with one attached hydrogen (secondary N) is 3. The number of carbonyl (C=O) groups is 2. The summed E-state index contributed by atoms with van der Waals surface area (Å²) < 4.78 is 38.2. The maximum absolute atomic E-state index is 12.7. The maximum atomic E-state index is 12.7. The van der Waals surface area contributed by atoms with Crippen LogP contribution in [0.3, 0.4) is 0 Å². The molecule has 1 aliphatic heterocycles. The first kappa shape index (κ1) is 19.9. The van der Waals surface area contributed by atoms with Crippen molar-refractivity contribution < 1.29 is 22.8 Å². The standard InChI is InChI=1S/C15H17ClF3N3O2S/c1-2-9-6-12(23)22-14(20-9)25-7-13(24)21-11-5-8(15(17,18)19)3-4-10(11)16/h3-5,9,14,20H,2,6-7H2,1H3,(H,21,24)(H,22,23). The van der Waals surface area contributed by atoms with Gasteiger partial charge in [0.05, 0.1) is 22.0 Å². The number of carbonyl (C=O) groups excluding carboxylic acids is 2. The number of alkyl halides is 3. The summed E-state index contributed by atoms with van der Waals surface area (Å²) in [5.41, 5.74) is -1.42. The van der Waals surface area contributed by atoms with Gasteiger partial charge in [0.15, 0.2) is 0 Å². The number of benzene rings is 1. The number of halogens is 4. The van der Waals surface area contributed by atoms with E-state index in [-0.39, 0.29) is 28.4 Å². The molecule has 0 aromatic heterocycles. The molecule has 2 atom stereocenters. The van der Waals surface area contributed by atoms with E-state index in [0.29, 0.717) is 6.42 Å². The predicted molar refractivity (Wildman–Crippen MR) is 91.3 cm³/mol. The van der Waals surface area contributed by atoms with Crippen molar-refractivity contribution >= 4 is 40.9 Å². The number of hydrogen-bond acceptors (Lipinski definition) is 4. The molecule has 1 aromatic rings. The van der Waals surface area contributed by atoms with Crippen molar-refractivity contribution in [1.82, 2.24) is 10.6 Å². The molecule has 0 bridgehead atoms. The van der Waals surface area contributed by atoms with Crippen molar-refractivity contribution in [2.24, 2.45) is 0 Å². The fourth-order valence-electron chi connectivity index (χ4n) is 2.24. The van der Waals surface area contributed by atoms with Crippen molar-refractivity contribution in [3.05, 3.63) is 28.8 Å². The van der Waals surface area contributed by atoms with Gasteiger partial charge in [-0.05, 0) is 24.6 Å². The van der Waals surface area contributed by atoms with Crippen LogP contribution in [0.15, 0.2) is 18.2 Å². The summed E-state index contributed by atoms with van der Waals surface area (Å²) >= 11 is 6.98. The Morgan fingerprint density at radius 1 is 1.44 bits per heavy atom. The Morgan fingerprint density at radius 3 is 2.80 bits per heavy atom.